The molecule has 160 valence electrons. The van der Waals surface area contributed by atoms with Gasteiger partial charge in [0, 0.05) is 46.3 Å². The van der Waals surface area contributed by atoms with Crippen LogP contribution in [0, 0.1) is 5.92 Å². The lowest BCUT2D eigenvalue weighted by molar-refractivity contribution is 0.0420. The quantitative estimate of drug-likeness (QED) is 0.235. The minimum Gasteiger partial charge on any atom is -0.379 e. The monoisotopic (exact) mass is 412 g/mol. The van der Waals surface area contributed by atoms with Gasteiger partial charge in [0.25, 0.3) is 0 Å². The van der Waals surface area contributed by atoms with Crippen molar-refractivity contribution in [1.82, 2.24) is 25.4 Å². The molecule has 28 heavy (non-hydrogen) atoms. The number of aliphatic imine (C=N–C) groups is 1. The summed E-state index contributed by atoms with van der Waals surface area (Å²) in [7, 11) is 1.80. The molecule has 0 amide bonds. The molecule has 1 fully saturated rings. The Morgan fingerprint density at radius 3 is 2.75 bits per heavy atom. The Kier molecular flexibility index (Phi) is 10.7. The molecule has 0 saturated carbocycles. The third-order valence-electron chi connectivity index (χ3n) is 4.47. The second-order valence-electron chi connectivity index (χ2n) is 7.35. The van der Waals surface area contributed by atoms with E-state index < -0.39 is 0 Å². The third kappa shape index (κ3) is 7.97. The highest BCUT2D eigenvalue weighted by Crippen LogP contribution is 2.16. The molecule has 1 unspecified atom stereocenters. The first-order chi connectivity index (χ1) is 13.6. The maximum Gasteiger partial charge on any atom is 0.190 e. The molecule has 2 N–H and O–H groups in total. The number of ether oxygens (including phenoxy) is 2. The first kappa shape index (κ1) is 23.0. The van der Waals surface area contributed by atoms with E-state index in [-0.39, 0.29) is 6.10 Å². The van der Waals surface area contributed by atoms with Gasteiger partial charge in [-0.15, -0.1) is 10.2 Å². The molecule has 0 bridgehead atoms. The van der Waals surface area contributed by atoms with E-state index in [1.54, 1.807) is 18.8 Å². The Balaban J connectivity index is 1.61. The number of hydrogen-bond donors (Lipinski definition) is 2. The largest absolute Gasteiger partial charge is 0.379 e. The van der Waals surface area contributed by atoms with E-state index >= 15 is 0 Å². The zero-order valence-electron chi connectivity index (χ0n) is 17.7. The fourth-order valence-electron chi connectivity index (χ4n) is 3.05. The van der Waals surface area contributed by atoms with Crippen LogP contribution in [0.2, 0.25) is 0 Å². The van der Waals surface area contributed by atoms with Gasteiger partial charge in [0.05, 0.1) is 12.7 Å². The molecule has 1 aromatic heterocycles. The predicted molar refractivity (Wildman–Crippen MR) is 114 cm³/mol. The molecule has 2 heterocycles. The van der Waals surface area contributed by atoms with Crippen LogP contribution in [-0.2, 0) is 22.4 Å². The van der Waals surface area contributed by atoms with Crippen molar-refractivity contribution in [3.05, 3.63) is 5.82 Å². The minimum absolute atomic E-state index is 0.279. The van der Waals surface area contributed by atoms with Crippen LogP contribution < -0.4 is 10.6 Å². The van der Waals surface area contributed by atoms with E-state index in [2.05, 4.69) is 50.5 Å². The molecule has 1 atom stereocenters. The molecule has 2 rings (SSSR count). The van der Waals surface area contributed by atoms with Gasteiger partial charge in [-0.3, -0.25) is 4.99 Å². The van der Waals surface area contributed by atoms with Gasteiger partial charge in [-0.05, 0) is 31.4 Å². The van der Waals surface area contributed by atoms with E-state index in [0.29, 0.717) is 5.92 Å². The lowest BCUT2D eigenvalue weighted by atomic mass is 10.2. The van der Waals surface area contributed by atoms with Crippen LogP contribution in [0.4, 0.5) is 0 Å². The van der Waals surface area contributed by atoms with Crippen molar-refractivity contribution in [2.45, 2.75) is 57.3 Å². The molecule has 8 nitrogen and oxygen atoms in total. The van der Waals surface area contributed by atoms with Gasteiger partial charge in [0.2, 0.25) is 0 Å². The summed E-state index contributed by atoms with van der Waals surface area (Å²) in [5.41, 5.74) is 0. The molecule has 0 radical (unpaired) electrons. The summed E-state index contributed by atoms with van der Waals surface area (Å²) >= 11 is 1.65. The Labute approximate surface area is 173 Å². The summed E-state index contributed by atoms with van der Waals surface area (Å²) in [6, 6.07) is 0. The number of guanidine groups is 1. The van der Waals surface area contributed by atoms with Crippen molar-refractivity contribution in [2.75, 3.05) is 46.2 Å². The van der Waals surface area contributed by atoms with Crippen LogP contribution in [0.1, 0.15) is 38.9 Å². The smallest absolute Gasteiger partial charge is 0.190 e. The van der Waals surface area contributed by atoms with Crippen molar-refractivity contribution in [1.29, 1.82) is 0 Å². The average molecular weight is 413 g/mol. The SMILES string of the molecule is CN=C(NCCCOC1CCOC1)NCCCc1nnc(SC)n1CC(C)C. The van der Waals surface area contributed by atoms with Crippen LogP contribution in [0.3, 0.4) is 0 Å². The van der Waals surface area contributed by atoms with Crippen molar-refractivity contribution < 1.29 is 9.47 Å². The average Bonchev–Trinajstić information content (AvgIpc) is 3.33. The molecule has 1 aromatic rings. The zero-order valence-corrected chi connectivity index (χ0v) is 18.6. The summed E-state index contributed by atoms with van der Waals surface area (Å²) in [4.78, 5) is 4.28. The lowest BCUT2D eigenvalue weighted by Gasteiger charge is -2.14. The molecule has 1 aliphatic rings. The molecule has 9 heteroatoms. The summed E-state index contributed by atoms with van der Waals surface area (Å²) in [6.07, 6.45) is 6.18. The van der Waals surface area contributed by atoms with E-state index in [1.807, 2.05) is 0 Å². The highest BCUT2D eigenvalue weighted by Gasteiger charge is 2.15. The number of nitrogens with zero attached hydrogens (tertiary/aromatic N) is 4. The summed E-state index contributed by atoms with van der Waals surface area (Å²) in [5, 5.41) is 16.4. The topological polar surface area (TPSA) is 85.6 Å². The Morgan fingerprint density at radius 2 is 2.11 bits per heavy atom. The minimum atomic E-state index is 0.279. The van der Waals surface area contributed by atoms with Gasteiger partial charge >= 0.3 is 0 Å². The first-order valence-electron chi connectivity index (χ1n) is 10.2. The molecule has 1 saturated heterocycles. The van der Waals surface area contributed by atoms with Crippen molar-refractivity contribution in [3.63, 3.8) is 0 Å². The molecule has 1 aliphatic heterocycles. The predicted octanol–water partition coefficient (Wildman–Crippen LogP) is 1.95. The Hall–Kier alpha value is -1.32. The second kappa shape index (κ2) is 13.0. The molecule has 0 spiro atoms. The standard InChI is InChI=1S/C19H36N6O2S/c1-15(2)13-25-17(23-24-19(25)28-4)7-5-9-21-18(20-3)22-10-6-11-27-16-8-12-26-14-16/h15-16H,5-14H2,1-4H3,(H2,20,21,22). The van der Waals surface area contributed by atoms with Crippen molar-refractivity contribution >= 4 is 17.7 Å². The number of aryl methyl sites for hydroxylation is 1. The number of rotatable bonds is 12. The number of aromatic nitrogens is 3. The molecular weight excluding hydrogens is 376 g/mol. The summed E-state index contributed by atoms with van der Waals surface area (Å²) in [5.74, 6) is 2.47. The van der Waals surface area contributed by atoms with Crippen molar-refractivity contribution in [2.24, 2.45) is 10.9 Å². The molecule has 0 aromatic carbocycles. The van der Waals surface area contributed by atoms with E-state index in [4.69, 9.17) is 9.47 Å². The van der Waals surface area contributed by atoms with E-state index in [0.717, 1.165) is 82.1 Å². The van der Waals surface area contributed by atoms with Gasteiger partial charge in [-0.25, -0.2) is 0 Å². The van der Waals surface area contributed by atoms with Gasteiger partial charge in [-0.2, -0.15) is 0 Å². The number of hydrogen-bond acceptors (Lipinski definition) is 6. The van der Waals surface area contributed by atoms with E-state index in [1.165, 1.54) is 0 Å². The number of nitrogens with one attached hydrogen (secondary N) is 2. The maximum absolute atomic E-state index is 5.77. The lowest BCUT2D eigenvalue weighted by Crippen LogP contribution is -2.38. The summed E-state index contributed by atoms with van der Waals surface area (Å²) in [6.45, 7) is 9.40. The summed E-state index contributed by atoms with van der Waals surface area (Å²) < 4.78 is 13.3. The highest BCUT2D eigenvalue weighted by atomic mass is 32.2. The molecular formula is C19H36N6O2S. The van der Waals surface area contributed by atoms with Crippen LogP contribution in [-0.4, -0.2) is 73.0 Å². The van der Waals surface area contributed by atoms with Gasteiger partial charge < -0.3 is 24.7 Å². The van der Waals surface area contributed by atoms with E-state index in [9.17, 15) is 0 Å². The van der Waals surface area contributed by atoms with Crippen LogP contribution in [0.5, 0.6) is 0 Å². The normalized spacial score (nSPS) is 17.5. The Bertz CT molecular complexity index is 587. The van der Waals surface area contributed by atoms with Crippen molar-refractivity contribution in [3.8, 4) is 0 Å². The fourth-order valence-corrected chi connectivity index (χ4v) is 3.57. The first-order valence-corrected chi connectivity index (χ1v) is 11.5. The fraction of sp³-hybridized carbons (Fsp3) is 0.842. The third-order valence-corrected chi connectivity index (χ3v) is 5.14. The zero-order chi connectivity index (χ0) is 20.2. The second-order valence-corrected chi connectivity index (χ2v) is 8.12. The van der Waals surface area contributed by atoms with Gasteiger partial charge in [0.15, 0.2) is 11.1 Å². The highest BCUT2D eigenvalue weighted by molar-refractivity contribution is 7.98. The molecule has 0 aliphatic carbocycles. The van der Waals surface area contributed by atoms with Crippen LogP contribution in [0.25, 0.3) is 0 Å². The maximum atomic E-state index is 5.77. The van der Waals surface area contributed by atoms with Crippen LogP contribution >= 0.6 is 11.8 Å². The number of thioether (sulfide) groups is 1. The van der Waals surface area contributed by atoms with Gasteiger partial charge in [-0.1, -0.05) is 25.6 Å². The van der Waals surface area contributed by atoms with Gasteiger partial charge in [0.1, 0.15) is 5.82 Å². The Morgan fingerprint density at radius 1 is 1.32 bits per heavy atom. The van der Waals surface area contributed by atoms with Crippen LogP contribution in [0.15, 0.2) is 10.1 Å².